The summed E-state index contributed by atoms with van der Waals surface area (Å²) in [6.07, 6.45) is 5.90. The highest BCUT2D eigenvalue weighted by Crippen LogP contribution is 2.21. The second-order valence-corrected chi connectivity index (χ2v) is 5.59. The number of likely N-dealkylation sites (tertiary alicyclic amines) is 1. The van der Waals surface area contributed by atoms with E-state index >= 15 is 0 Å². The Labute approximate surface area is 124 Å². The molecule has 110 valence electrons. The maximum Gasteiger partial charge on any atom is 0.222 e. The van der Waals surface area contributed by atoms with Crippen molar-refractivity contribution in [2.24, 2.45) is 0 Å². The third kappa shape index (κ3) is 3.12. The normalized spacial score (nSPS) is 18.1. The molecule has 1 unspecified atom stereocenters. The predicted molar refractivity (Wildman–Crippen MR) is 79.8 cm³/mol. The quantitative estimate of drug-likeness (QED) is 0.863. The van der Waals surface area contributed by atoms with Crippen LogP contribution in [0.1, 0.15) is 30.0 Å². The summed E-state index contributed by atoms with van der Waals surface area (Å²) in [5.74, 6) is 0.237. The van der Waals surface area contributed by atoms with Crippen LogP contribution in [0.4, 0.5) is 0 Å². The molecule has 1 atom stereocenters. The van der Waals surface area contributed by atoms with E-state index in [2.05, 4.69) is 29.4 Å². The lowest BCUT2D eigenvalue weighted by molar-refractivity contribution is -0.130. The molecule has 0 radical (unpaired) electrons. The number of hydrogen-bond acceptors (Lipinski definition) is 3. The highest BCUT2D eigenvalue weighted by atomic mass is 16.2. The number of aromatic nitrogens is 3. The fourth-order valence-electron chi connectivity index (χ4n) is 2.89. The van der Waals surface area contributed by atoms with Gasteiger partial charge in [-0.3, -0.25) is 4.79 Å². The minimum atomic E-state index is 0.237. The summed E-state index contributed by atoms with van der Waals surface area (Å²) in [7, 11) is 0. The largest absolute Gasteiger partial charge is 0.340 e. The minimum absolute atomic E-state index is 0.237. The number of rotatable bonds is 4. The van der Waals surface area contributed by atoms with Crippen LogP contribution < -0.4 is 0 Å². The standard InChI is InChI=1S/C16H20N4O/c1-13-4-2-3-5-14(13)6-7-16(21)19-10-8-15(12-19)20-11-9-17-18-20/h2-5,9,11,15H,6-8,10,12H2,1H3. The summed E-state index contributed by atoms with van der Waals surface area (Å²) in [5.41, 5.74) is 2.52. The lowest BCUT2D eigenvalue weighted by Gasteiger charge is -2.16. The van der Waals surface area contributed by atoms with Gasteiger partial charge in [-0.15, -0.1) is 5.10 Å². The van der Waals surface area contributed by atoms with E-state index in [9.17, 15) is 4.79 Å². The summed E-state index contributed by atoms with van der Waals surface area (Å²) < 4.78 is 1.86. The Morgan fingerprint density at radius 1 is 1.38 bits per heavy atom. The van der Waals surface area contributed by atoms with E-state index in [1.165, 1.54) is 11.1 Å². The minimum Gasteiger partial charge on any atom is -0.340 e. The fourth-order valence-corrected chi connectivity index (χ4v) is 2.89. The van der Waals surface area contributed by atoms with Crippen molar-refractivity contribution in [3.63, 3.8) is 0 Å². The SMILES string of the molecule is Cc1ccccc1CCC(=O)N1CCC(n2ccnn2)C1. The lowest BCUT2D eigenvalue weighted by Crippen LogP contribution is -2.29. The molecule has 1 aromatic carbocycles. The summed E-state index contributed by atoms with van der Waals surface area (Å²) in [5, 5.41) is 7.86. The molecule has 1 aliphatic rings. The highest BCUT2D eigenvalue weighted by Gasteiger charge is 2.27. The number of amides is 1. The maximum atomic E-state index is 12.3. The van der Waals surface area contributed by atoms with Gasteiger partial charge in [0.05, 0.1) is 12.2 Å². The van der Waals surface area contributed by atoms with Crippen LogP contribution in [0.3, 0.4) is 0 Å². The van der Waals surface area contributed by atoms with Gasteiger partial charge in [-0.2, -0.15) is 0 Å². The number of benzene rings is 1. The molecule has 2 aromatic rings. The third-order valence-electron chi connectivity index (χ3n) is 4.20. The second kappa shape index (κ2) is 6.08. The Balaban J connectivity index is 1.54. The molecule has 5 heteroatoms. The number of hydrogen-bond donors (Lipinski definition) is 0. The van der Waals surface area contributed by atoms with E-state index in [1.54, 1.807) is 6.20 Å². The van der Waals surface area contributed by atoms with E-state index in [-0.39, 0.29) is 11.9 Å². The van der Waals surface area contributed by atoms with Crippen molar-refractivity contribution >= 4 is 5.91 Å². The Hall–Kier alpha value is -2.17. The van der Waals surface area contributed by atoms with Crippen LogP contribution in [0.5, 0.6) is 0 Å². The van der Waals surface area contributed by atoms with E-state index in [0.29, 0.717) is 6.42 Å². The lowest BCUT2D eigenvalue weighted by atomic mass is 10.0. The van der Waals surface area contributed by atoms with E-state index < -0.39 is 0 Å². The Kier molecular flexibility index (Phi) is 3.99. The Morgan fingerprint density at radius 2 is 2.24 bits per heavy atom. The first-order chi connectivity index (χ1) is 10.2. The average molecular weight is 284 g/mol. The number of nitrogens with zero attached hydrogens (tertiary/aromatic N) is 4. The average Bonchev–Trinajstić information content (AvgIpc) is 3.16. The smallest absolute Gasteiger partial charge is 0.222 e. The van der Waals surface area contributed by atoms with Gasteiger partial charge in [0.15, 0.2) is 0 Å². The first-order valence-corrected chi connectivity index (χ1v) is 7.42. The van der Waals surface area contributed by atoms with E-state index in [4.69, 9.17) is 0 Å². The van der Waals surface area contributed by atoms with Crippen LogP contribution in [0.15, 0.2) is 36.7 Å². The molecule has 0 aliphatic carbocycles. The zero-order valence-electron chi connectivity index (χ0n) is 12.3. The second-order valence-electron chi connectivity index (χ2n) is 5.59. The van der Waals surface area contributed by atoms with Gasteiger partial charge in [-0.1, -0.05) is 29.5 Å². The molecular formula is C16H20N4O. The van der Waals surface area contributed by atoms with Crippen LogP contribution in [-0.2, 0) is 11.2 Å². The Morgan fingerprint density at radius 3 is 3.00 bits per heavy atom. The van der Waals surface area contributed by atoms with E-state index in [1.807, 2.05) is 27.9 Å². The van der Waals surface area contributed by atoms with Gasteiger partial charge in [-0.05, 0) is 30.9 Å². The van der Waals surface area contributed by atoms with E-state index in [0.717, 1.165) is 25.9 Å². The summed E-state index contributed by atoms with van der Waals surface area (Å²) >= 11 is 0. The molecule has 3 rings (SSSR count). The molecule has 0 saturated carbocycles. The first-order valence-electron chi connectivity index (χ1n) is 7.42. The van der Waals surface area contributed by atoms with Crippen molar-refractivity contribution in [2.45, 2.75) is 32.2 Å². The monoisotopic (exact) mass is 284 g/mol. The Bertz CT molecular complexity index is 608. The van der Waals surface area contributed by atoms with Crippen molar-refractivity contribution in [3.05, 3.63) is 47.8 Å². The summed E-state index contributed by atoms with van der Waals surface area (Å²) in [4.78, 5) is 14.3. The van der Waals surface area contributed by atoms with Gasteiger partial charge in [0.25, 0.3) is 0 Å². The van der Waals surface area contributed by atoms with Crippen LogP contribution in [0.25, 0.3) is 0 Å². The van der Waals surface area contributed by atoms with Crippen molar-refractivity contribution in [2.75, 3.05) is 13.1 Å². The van der Waals surface area contributed by atoms with Crippen LogP contribution in [0.2, 0.25) is 0 Å². The predicted octanol–water partition coefficient (Wildman–Crippen LogP) is 1.99. The zero-order chi connectivity index (χ0) is 14.7. The molecule has 1 saturated heterocycles. The molecule has 0 N–H and O–H groups in total. The molecule has 2 heterocycles. The summed E-state index contributed by atoms with van der Waals surface area (Å²) in [6, 6.07) is 8.53. The molecule has 1 fully saturated rings. The van der Waals surface area contributed by atoms with Gasteiger partial charge < -0.3 is 4.90 Å². The molecule has 1 amide bonds. The van der Waals surface area contributed by atoms with Crippen LogP contribution in [-0.4, -0.2) is 38.9 Å². The molecule has 0 bridgehead atoms. The number of carbonyl (C=O) groups is 1. The molecule has 21 heavy (non-hydrogen) atoms. The third-order valence-corrected chi connectivity index (χ3v) is 4.20. The van der Waals surface area contributed by atoms with Crippen molar-refractivity contribution in [3.8, 4) is 0 Å². The molecule has 1 aliphatic heterocycles. The number of carbonyl (C=O) groups excluding carboxylic acids is 1. The van der Waals surface area contributed by atoms with Gasteiger partial charge in [0, 0.05) is 25.7 Å². The fraction of sp³-hybridized carbons (Fsp3) is 0.438. The van der Waals surface area contributed by atoms with Gasteiger partial charge in [0.1, 0.15) is 0 Å². The summed E-state index contributed by atoms with van der Waals surface area (Å²) in [6.45, 7) is 3.66. The van der Waals surface area contributed by atoms with Crippen LogP contribution >= 0.6 is 0 Å². The zero-order valence-corrected chi connectivity index (χ0v) is 12.3. The van der Waals surface area contributed by atoms with Gasteiger partial charge >= 0.3 is 0 Å². The van der Waals surface area contributed by atoms with Crippen molar-refractivity contribution < 1.29 is 4.79 Å². The topological polar surface area (TPSA) is 51.0 Å². The first kappa shape index (κ1) is 13.8. The van der Waals surface area contributed by atoms with Crippen LogP contribution in [0, 0.1) is 6.92 Å². The molecule has 0 spiro atoms. The molecular weight excluding hydrogens is 264 g/mol. The van der Waals surface area contributed by atoms with Crippen molar-refractivity contribution in [1.82, 2.24) is 19.9 Å². The maximum absolute atomic E-state index is 12.3. The molecule has 1 aromatic heterocycles. The van der Waals surface area contributed by atoms with Gasteiger partial charge in [-0.25, -0.2) is 4.68 Å². The molecule has 5 nitrogen and oxygen atoms in total. The van der Waals surface area contributed by atoms with Gasteiger partial charge in [0.2, 0.25) is 5.91 Å². The van der Waals surface area contributed by atoms with Crippen molar-refractivity contribution in [1.29, 1.82) is 0 Å². The number of aryl methyl sites for hydroxylation is 2. The highest BCUT2D eigenvalue weighted by molar-refractivity contribution is 5.76.